The van der Waals surface area contributed by atoms with Gasteiger partial charge < -0.3 is 18.9 Å². The Morgan fingerprint density at radius 1 is 1.26 bits per heavy atom. The van der Waals surface area contributed by atoms with E-state index >= 15 is 0 Å². The number of aromatic nitrogens is 1. The molecule has 2 aromatic rings. The normalized spacial score (nSPS) is 19.5. The molecular formula is C21H23ClN2O3. The molecule has 1 amide bonds. The van der Waals surface area contributed by atoms with Crippen LogP contribution in [0.2, 0.25) is 5.02 Å². The number of amides is 1. The van der Waals surface area contributed by atoms with Gasteiger partial charge in [-0.3, -0.25) is 4.79 Å². The van der Waals surface area contributed by atoms with Crippen LogP contribution in [-0.2, 0) is 11.8 Å². The Bertz CT molecular complexity index is 874. The first-order valence-electron chi connectivity index (χ1n) is 9.32. The van der Waals surface area contributed by atoms with Crippen LogP contribution >= 0.6 is 11.6 Å². The van der Waals surface area contributed by atoms with Crippen LogP contribution in [0.5, 0.6) is 11.5 Å². The van der Waals surface area contributed by atoms with Crippen LogP contribution in [0, 0.1) is 0 Å². The molecule has 0 aliphatic carbocycles. The van der Waals surface area contributed by atoms with E-state index in [0.29, 0.717) is 16.5 Å². The molecule has 2 aliphatic heterocycles. The van der Waals surface area contributed by atoms with E-state index in [1.165, 1.54) is 5.69 Å². The molecule has 0 spiro atoms. The van der Waals surface area contributed by atoms with Gasteiger partial charge in [0.1, 0.15) is 0 Å². The minimum atomic E-state index is 0.0249. The Morgan fingerprint density at radius 3 is 2.96 bits per heavy atom. The van der Waals surface area contributed by atoms with Crippen molar-refractivity contribution in [2.45, 2.75) is 31.7 Å². The van der Waals surface area contributed by atoms with E-state index in [0.717, 1.165) is 37.8 Å². The van der Waals surface area contributed by atoms with Gasteiger partial charge in [-0.2, -0.15) is 0 Å². The van der Waals surface area contributed by atoms with Crippen molar-refractivity contribution < 1.29 is 14.3 Å². The van der Waals surface area contributed by atoms with Crippen LogP contribution in [-0.4, -0.2) is 28.7 Å². The number of fused-ring (bicyclic) bond motifs is 1. The minimum Gasteiger partial charge on any atom is -0.454 e. The first-order valence-corrected chi connectivity index (χ1v) is 9.70. The average Bonchev–Trinajstić information content (AvgIpc) is 3.23. The molecule has 6 heteroatoms. The third-order valence-electron chi connectivity index (χ3n) is 5.23. The van der Waals surface area contributed by atoms with Crippen LogP contribution in [0.3, 0.4) is 0 Å². The van der Waals surface area contributed by atoms with E-state index in [9.17, 15) is 4.79 Å². The van der Waals surface area contributed by atoms with Gasteiger partial charge in [-0.25, -0.2) is 0 Å². The van der Waals surface area contributed by atoms with E-state index in [4.69, 9.17) is 21.1 Å². The fourth-order valence-corrected chi connectivity index (χ4v) is 4.12. The number of likely N-dealkylation sites (tertiary alicyclic amines) is 1. The lowest BCUT2D eigenvalue weighted by Crippen LogP contribution is -2.34. The van der Waals surface area contributed by atoms with Gasteiger partial charge in [0.25, 0.3) is 0 Å². The first kappa shape index (κ1) is 18.0. The zero-order valence-corrected chi connectivity index (χ0v) is 16.1. The van der Waals surface area contributed by atoms with Crippen LogP contribution in [0.25, 0.3) is 6.08 Å². The summed E-state index contributed by atoms with van der Waals surface area (Å²) in [6.45, 7) is 0.953. The van der Waals surface area contributed by atoms with E-state index in [1.807, 2.05) is 30.3 Å². The molecule has 0 saturated carbocycles. The molecule has 0 radical (unpaired) electrons. The highest BCUT2D eigenvalue weighted by atomic mass is 35.5. The zero-order valence-electron chi connectivity index (χ0n) is 15.4. The van der Waals surface area contributed by atoms with Crippen molar-refractivity contribution in [1.82, 2.24) is 9.47 Å². The molecule has 2 aliphatic rings. The monoisotopic (exact) mass is 386 g/mol. The second kappa shape index (κ2) is 7.69. The van der Waals surface area contributed by atoms with E-state index in [-0.39, 0.29) is 18.7 Å². The molecule has 3 heterocycles. The van der Waals surface area contributed by atoms with Gasteiger partial charge in [-0.15, -0.1) is 0 Å². The lowest BCUT2D eigenvalue weighted by molar-refractivity contribution is -0.128. The molecule has 1 saturated heterocycles. The molecule has 1 atom stereocenters. The Hall–Kier alpha value is -2.40. The average molecular weight is 387 g/mol. The van der Waals surface area contributed by atoms with E-state index in [2.05, 4.69) is 10.6 Å². The van der Waals surface area contributed by atoms with Gasteiger partial charge in [0, 0.05) is 31.6 Å². The number of hydrogen-bond donors (Lipinski definition) is 0. The smallest absolute Gasteiger partial charge is 0.247 e. The molecular weight excluding hydrogens is 364 g/mol. The lowest BCUT2D eigenvalue weighted by atomic mass is 10.1. The van der Waals surface area contributed by atoms with Crippen molar-refractivity contribution >= 4 is 23.6 Å². The number of nitrogens with zero attached hydrogens (tertiary/aromatic N) is 2. The topological polar surface area (TPSA) is 43.7 Å². The Balaban J connectivity index is 1.56. The molecule has 1 fully saturated rings. The van der Waals surface area contributed by atoms with Gasteiger partial charge in [-0.05, 0) is 48.7 Å². The van der Waals surface area contributed by atoms with Crippen molar-refractivity contribution in [2.75, 3.05) is 13.3 Å². The zero-order chi connectivity index (χ0) is 18.8. The summed E-state index contributed by atoms with van der Waals surface area (Å²) in [4.78, 5) is 15.0. The maximum atomic E-state index is 13.0. The fourth-order valence-electron chi connectivity index (χ4n) is 3.85. The number of aryl methyl sites for hydroxylation is 1. The molecule has 1 aromatic carbocycles. The minimum absolute atomic E-state index is 0.0249. The van der Waals surface area contributed by atoms with Gasteiger partial charge in [0.2, 0.25) is 12.7 Å². The van der Waals surface area contributed by atoms with Gasteiger partial charge in [0.15, 0.2) is 11.5 Å². The maximum Gasteiger partial charge on any atom is 0.247 e. The number of halogens is 1. The summed E-state index contributed by atoms with van der Waals surface area (Å²) < 4.78 is 12.8. The van der Waals surface area contributed by atoms with Gasteiger partial charge in [-0.1, -0.05) is 24.4 Å². The highest BCUT2D eigenvalue weighted by Gasteiger charge is 2.27. The summed E-state index contributed by atoms with van der Waals surface area (Å²) >= 11 is 6.23. The third kappa shape index (κ3) is 3.69. The standard InChI is InChI=1S/C21H23ClN2O3/c1-23-10-5-7-17(23)18-6-3-2-4-11-24(18)20(25)9-8-15-12-16(22)21-19(13-15)26-14-27-21/h5,7-10,12-13,18H,2-4,6,11,14H2,1H3/b9-8+/t18-/m1/s1. The molecule has 0 N–H and O–H groups in total. The molecule has 5 nitrogen and oxygen atoms in total. The van der Waals surface area contributed by atoms with Gasteiger partial charge >= 0.3 is 0 Å². The molecule has 1 aromatic heterocycles. The summed E-state index contributed by atoms with van der Waals surface area (Å²) in [5.74, 6) is 1.21. The Kier molecular flexibility index (Phi) is 5.12. The summed E-state index contributed by atoms with van der Waals surface area (Å²) in [7, 11) is 2.04. The van der Waals surface area contributed by atoms with E-state index in [1.54, 1.807) is 18.2 Å². The van der Waals surface area contributed by atoms with E-state index < -0.39 is 0 Å². The van der Waals surface area contributed by atoms with Crippen molar-refractivity contribution in [2.24, 2.45) is 7.05 Å². The third-order valence-corrected chi connectivity index (χ3v) is 5.51. The summed E-state index contributed by atoms with van der Waals surface area (Å²) in [5.41, 5.74) is 2.01. The number of benzene rings is 1. The van der Waals surface area contributed by atoms with Crippen LogP contribution in [0.15, 0.2) is 36.5 Å². The second-order valence-electron chi connectivity index (χ2n) is 7.01. The van der Waals surface area contributed by atoms with Crippen LogP contribution < -0.4 is 9.47 Å². The first-order chi connectivity index (χ1) is 13.1. The predicted molar refractivity (Wildman–Crippen MR) is 105 cm³/mol. The fraction of sp³-hybridized carbons (Fsp3) is 0.381. The molecule has 0 unspecified atom stereocenters. The molecule has 0 bridgehead atoms. The number of carbonyl (C=O) groups excluding carboxylic acids is 1. The predicted octanol–water partition coefficient (Wildman–Crippen LogP) is 4.56. The molecule has 142 valence electrons. The Labute approximate surface area is 164 Å². The summed E-state index contributed by atoms with van der Waals surface area (Å²) in [6.07, 6.45) is 9.79. The summed E-state index contributed by atoms with van der Waals surface area (Å²) in [5, 5.41) is 0.494. The van der Waals surface area contributed by atoms with Crippen LogP contribution in [0.4, 0.5) is 0 Å². The lowest BCUT2D eigenvalue weighted by Gasteiger charge is -2.29. The van der Waals surface area contributed by atoms with Crippen molar-refractivity contribution in [3.05, 3.63) is 52.8 Å². The summed E-state index contributed by atoms with van der Waals surface area (Å²) in [6, 6.07) is 7.89. The quantitative estimate of drug-likeness (QED) is 0.726. The largest absolute Gasteiger partial charge is 0.454 e. The number of carbonyl (C=O) groups is 1. The molecule has 4 rings (SSSR count). The highest BCUT2D eigenvalue weighted by molar-refractivity contribution is 6.32. The van der Waals surface area contributed by atoms with Crippen molar-refractivity contribution in [3.63, 3.8) is 0 Å². The van der Waals surface area contributed by atoms with Crippen molar-refractivity contribution in [1.29, 1.82) is 0 Å². The number of ether oxygens (including phenoxy) is 2. The van der Waals surface area contributed by atoms with Gasteiger partial charge in [0.05, 0.1) is 11.1 Å². The van der Waals surface area contributed by atoms with Crippen LogP contribution in [0.1, 0.15) is 43.0 Å². The number of rotatable bonds is 3. The number of hydrogen-bond acceptors (Lipinski definition) is 3. The Morgan fingerprint density at radius 2 is 2.15 bits per heavy atom. The highest BCUT2D eigenvalue weighted by Crippen LogP contribution is 2.40. The van der Waals surface area contributed by atoms with Crippen molar-refractivity contribution in [3.8, 4) is 11.5 Å². The second-order valence-corrected chi connectivity index (χ2v) is 7.42. The molecule has 27 heavy (non-hydrogen) atoms. The maximum absolute atomic E-state index is 13.0. The SMILES string of the molecule is Cn1cccc1[C@H]1CCCCCN1C(=O)/C=C/c1cc(Cl)c2c(c1)OCO2.